The molecule has 0 spiro atoms. The van der Waals surface area contributed by atoms with E-state index < -0.39 is 17.7 Å². The van der Waals surface area contributed by atoms with Crippen molar-refractivity contribution in [2.45, 2.75) is 37.8 Å². The lowest BCUT2D eigenvalue weighted by Gasteiger charge is -2.28. The fourth-order valence-corrected chi connectivity index (χ4v) is 4.00. The second kappa shape index (κ2) is 8.57. The smallest absolute Gasteiger partial charge is 0.404 e. The Labute approximate surface area is 181 Å². The van der Waals surface area contributed by atoms with Crippen LogP contribution in [-0.4, -0.2) is 55.8 Å². The van der Waals surface area contributed by atoms with Gasteiger partial charge in [-0.05, 0) is 37.8 Å². The predicted molar refractivity (Wildman–Crippen MR) is 115 cm³/mol. The zero-order valence-electron chi connectivity index (χ0n) is 17.3. The van der Waals surface area contributed by atoms with Gasteiger partial charge in [-0.25, -0.2) is 19.1 Å². The molecule has 1 saturated carbocycles. The minimum atomic E-state index is -1.04. The number of aromatic nitrogens is 4. The number of ether oxygens (including phenoxy) is 1. The quantitative estimate of drug-likeness (QED) is 0.379. The zero-order valence-corrected chi connectivity index (χ0v) is 17.3. The number of nitrogens with zero attached hydrogens (tertiary/aromatic N) is 3. The number of imidazole rings is 1. The van der Waals surface area contributed by atoms with E-state index in [1.807, 2.05) is 0 Å². The summed E-state index contributed by atoms with van der Waals surface area (Å²) in [5.41, 5.74) is 5.67. The van der Waals surface area contributed by atoms with Crippen LogP contribution >= 0.6 is 0 Å². The third-order valence-electron chi connectivity index (χ3n) is 5.48. The number of para-hydroxylation sites is 2. The van der Waals surface area contributed by atoms with Crippen molar-refractivity contribution in [3.63, 3.8) is 0 Å². The Morgan fingerprint density at radius 3 is 2.53 bits per heavy atom. The number of nitrogens with two attached hydrogens (primary N) is 1. The van der Waals surface area contributed by atoms with Crippen molar-refractivity contribution in [1.29, 1.82) is 0 Å². The lowest BCUT2D eigenvalue weighted by Crippen LogP contribution is -2.39. The van der Waals surface area contributed by atoms with E-state index in [2.05, 4.69) is 25.6 Å². The van der Waals surface area contributed by atoms with Gasteiger partial charge in [0.1, 0.15) is 11.3 Å². The molecule has 0 bridgehead atoms. The lowest BCUT2D eigenvalue weighted by molar-refractivity contribution is 0.0997. The molecule has 2 heterocycles. The van der Waals surface area contributed by atoms with Crippen molar-refractivity contribution in [2.24, 2.45) is 5.73 Å². The highest BCUT2D eigenvalue weighted by Crippen LogP contribution is 2.26. The number of carbonyl (C=O) groups excluding carboxylic acids is 1. The van der Waals surface area contributed by atoms with Gasteiger partial charge in [0.25, 0.3) is 5.91 Å². The second-order valence-electron chi connectivity index (χ2n) is 7.54. The highest BCUT2D eigenvalue weighted by Gasteiger charge is 2.25. The molecule has 12 nitrogen and oxygen atoms in total. The van der Waals surface area contributed by atoms with Crippen LogP contribution in [0, 0.1) is 0 Å². The maximum absolute atomic E-state index is 12.8. The van der Waals surface area contributed by atoms with Crippen molar-refractivity contribution < 1.29 is 19.4 Å². The largest absolute Gasteiger partial charge is 0.495 e. The number of fused-ring (bicyclic) bond motifs is 1. The average molecular weight is 441 g/mol. The van der Waals surface area contributed by atoms with E-state index in [9.17, 15) is 14.4 Å². The monoisotopic (exact) mass is 441 g/mol. The molecule has 3 aromatic rings. The van der Waals surface area contributed by atoms with Gasteiger partial charge in [0.2, 0.25) is 5.95 Å². The first-order chi connectivity index (χ1) is 15.4. The van der Waals surface area contributed by atoms with Crippen LogP contribution < -0.4 is 26.8 Å². The number of anilines is 1. The second-order valence-corrected chi connectivity index (χ2v) is 7.54. The molecule has 2 aromatic heterocycles. The Bertz CT molecular complexity index is 1230. The Morgan fingerprint density at radius 1 is 1.19 bits per heavy atom. The molecule has 6 N–H and O–H groups in total. The van der Waals surface area contributed by atoms with E-state index in [1.165, 1.54) is 11.7 Å². The number of nitrogens with one attached hydrogen (secondary N) is 3. The number of amides is 2. The molecule has 0 unspecified atom stereocenters. The van der Waals surface area contributed by atoms with Gasteiger partial charge in [0.15, 0.2) is 11.3 Å². The minimum absolute atomic E-state index is 0.0228. The highest BCUT2D eigenvalue weighted by molar-refractivity contribution is 6.02. The van der Waals surface area contributed by atoms with Crippen molar-refractivity contribution in [2.75, 3.05) is 12.4 Å². The number of H-pyrrole nitrogens is 1. The van der Waals surface area contributed by atoms with Crippen molar-refractivity contribution in [1.82, 2.24) is 24.8 Å². The predicted octanol–water partition coefficient (Wildman–Crippen LogP) is 1.21. The SMILES string of the molecule is COc1ccccc1-n1c(=O)[nH]c2c(C(N)=O)nc(N[C@H]3CC[C@H](NC(=O)O)CC3)nc21. The van der Waals surface area contributed by atoms with Gasteiger partial charge in [-0.15, -0.1) is 0 Å². The molecule has 1 aliphatic carbocycles. The van der Waals surface area contributed by atoms with Crippen molar-refractivity contribution >= 4 is 29.1 Å². The number of benzene rings is 1. The Morgan fingerprint density at radius 2 is 1.88 bits per heavy atom. The van der Waals surface area contributed by atoms with Crippen LogP contribution in [0.5, 0.6) is 5.75 Å². The standard InChI is InChI=1S/C20H23N7O5/c1-32-13-5-3-2-4-12(13)27-17-15(25-19(27)29)14(16(21)28)24-18(26-17)22-10-6-8-11(9-7-10)23-20(30)31/h2-5,10-11,23H,6-9H2,1H3,(H2,21,28)(H,25,29)(H,30,31)(H,22,24,26)/t10-,11-. The average Bonchev–Trinajstić information content (AvgIpc) is 3.09. The van der Waals surface area contributed by atoms with Crippen molar-refractivity contribution in [3.8, 4) is 11.4 Å². The highest BCUT2D eigenvalue weighted by atomic mass is 16.5. The summed E-state index contributed by atoms with van der Waals surface area (Å²) in [6.07, 6.45) is 1.65. The summed E-state index contributed by atoms with van der Waals surface area (Å²) in [6, 6.07) is 6.81. The van der Waals surface area contributed by atoms with E-state index in [4.69, 9.17) is 15.6 Å². The molecule has 0 atom stereocenters. The number of primary amides is 1. The first-order valence-corrected chi connectivity index (χ1v) is 10.1. The molecular weight excluding hydrogens is 418 g/mol. The van der Waals surface area contributed by atoms with E-state index >= 15 is 0 Å². The molecule has 4 rings (SSSR count). The normalized spacial score (nSPS) is 18.3. The Hall–Kier alpha value is -4.09. The number of aromatic amines is 1. The first-order valence-electron chi connectivity index (χ1n) is 10.1. The van der Waals surface area contributed by atoms with Gasteiger partial charge in [-0.1, -0.05) is 12.1 Å². The van der Waals surface area contributed by atoms with E-state index in [-0.39, 0.29) is 34.9 Å². The van der Waals surface area contributed by atoms with E-state index in [0.29, 0.717) is 37.1 Å². The van der Waals surface area contributed by atoms with Crippen LogP contribution in [0.15, 0.2) is 29.1 Å². The van der Waals surface area contributed by atoms with Crippen LogP contribution in [0.1, 0.15) is 36.2 Å². The number of methoxy groups -OCH3 is 1. The van der Waals surface area contributed by atoms with Crippen LogP contribution in [0.3, 0.4) is 0 Å². The molecule has 1 aliphatic rings. The van der Waals surface area contributed by atoms with Crippen molar-refractivity contribution in [3.05, 3.63) is 40.4 Å². The molecular formula is C20H23N7O5. The minimum Gasteiger partial charge on any atom is -0.495 e. The fourth-order valence-electron chi connectivity index (χ4n) is 4.00. The number of rotatable bonds is 6. The van der Waals surface area contributed by atoms with Gasteiger partial charge >= 0.3 is 11.8 Å². The molecule has 0 radical (unpaired) electrons. The molecule has 1 fully saturated rings. The molecule has 32 heavy (non-hydrogen) atoms. The third kappa shape index (κ3) is 4.06. The van der Waals surface area contributed by atoms with Crippen LogP contribution in [0.25, 0.3) is 16.9 Å². The number of carbonyl (C=O) groups is 2. The lowest BCUT2D eigenvalue weighted by atomic mass is 9.91. The molecule has 2 amide bonds. The van der Waals surface area contributed by atoms with Crippen LogP contribution in [0.4, 0.5) is 10.7 Å². The van der Waals surface area contributed by atoms with Gasteiger partial charge in [-0.2, -0.15) is 4.98 Å². The molecule has 168 valence electrons. The van der Waals surface area contributed by atoms with Crippen LogP contribution in [0.2, 0.25) is 0 Å². The number of hydrogen-bond acceptors (Lipinski definition) is 7. The topological polar surface area (TPSA) is 177 Å². The van der Waals surface area contributed by atoms with Gasteiger partial charge in [-0.3, -0.25) is 4.79 Å². The van der Waals surface area contributed by atoms with Gasteiger partial charge < -0.3 is 31.2 Å². The maximum atomic E-state index is 12.8. The maximum Gasteiger partial charge on any atom is 0.404 e. The van der Waals surface area contributed by atoms with E-state index in [0.717, 1.165) is 0 Å². The molecule has 0 aliphatic heterocycles. The van der Waals surface area contributed by atoms with Crippen LogP contribution in [-0.2, 0) is 0 Å². The third-order valence-corrected chi connectivity index (χ3v) is 5.48. The van der Waals surface area contributed by atoms with Gasteiger partial charge in [0, 0.05) is 12.1 Å². The summed E-state index contributed by atoms with van der Waals surface area (Å²) in [7, 11) is 1.49. The summed E-state index contributed by atoms with van der Waals surface area (Å²) >= 11 is 0. The summed E-state index contributed by atoms with van der Waals surface area (Å²) in [5.74, 6) is -0.194. The number of carboxylic acid groups (broad SMARTS) is 1. The summed E-state index contributed by atoms with van der Waals surface area (Å²) in [5, 5.41) is 14.6. The Kier molecular flexibility index (Phi) is 5.67. The fraction of sp³-hybridized carbons (Fsp3) is 0.350. The molecule has 12 heteroatoms. The van der Waals surface area contributed by atoms with Gasteiger partial charge in [0.05, 0.1) is 12.8 Å². The zero-order chi connectivity index (χ0) is 22.8. The van der Waals surface area contributed by atoms with E-state index in [1.54, 1.807) is 24.3 Å². The number of hydrogen-bond donors (Lipinski definition) is 5. The summed E-state index contributed by atoms with van der Waals surface area (Å²) < 4.78 is 6.67. The Balaban J connectivity index is 1.71. The first kappa shape index (κ1) is 21.2. The summed E-state index contributed by atoms with van der Waals surface area (Å²) in [6.45, 7) is 0. The summed E-state index contributed by atoms with van der Waals surface area (Å²) in [4.78, 5) is 47.0. The molecule has 0 saturated heterocycles. The molecule has 1 aromatic carbocycles.